The van der Waals surface area contributed by atoms with Gasteiger partial charge in [-0.3, -0.25) is 0 Å². The van der Waals surface area contributed by atoms with Crippen LogP contribution in [0.5, 0.6) is 0 Å². The Labute approximate surface area is 517 Å². The topological polar surface area (TPSA) is 477 Å². The molecule has 89 heavy (non-hydrogen) atoms. The molecule has 3 saturated carbocycles. The van der Waals surface area contributed by atoms with Crippen LogP contribution in [0.4, 0.5) is 0 Å². The SMILES string of the molecule is C[C@H](CC[C@@H](O[C@@H]1O[C@H](CO[C@@H]2O[C@H](CO)[C@@H](O)[C@H](O)[C@H]2O)[C@@H](O)[C@H](O)[C@H]1O[C@@H]1O[C@H](CO)[C@@H](O)[C@H](O)[C@H]1O)C(C)(C)O)[C@H]1CC[C@@]2(C)[C@@H]3CC=C4[C@@H](CC[C@H](O[C@@H]5O[C@H](CO)[C@@H](O)[C@H](O[C@@H]6O[C@H](CO)[C@@H](O)[C@H](O)[C@H]6O)[C@H]5O)C4(C)C)[C@]3(C)[C@H](O)C[C@]12C. The molecule has 0 aromatic rings. The Kier molecular flexibility index (Phi) is 22.3. The summed E-state index contributed by atoms with van der Waals surface area (Å²) in [7, 11) is 0. The molecule has 516 valence electrons. The number of aliphatic hydroxyl groups excluding tert-OH is 18. The van der Waals surface area contributed by atoms with Crippen molar-refractivity contribution < 1.29 is 144 Å². The van der Waals surface area contributed by atoms with Crippen LogP contribution in [0.15, 0.2) is 11.6 Å². The Morgan fingerprint density at radius 3 is 1.52 bits per heavy atom. The minimum Gasteiger partial charge on any atom is -0.394 e. The molecule has 0 aromatic carbocycles. The first-order valence-corrected chi connectivity index (χ1v) is 31.6. The summed E-state index contributed by atoms with van der Waals surface area (Å²) in [4.78, 5) is 0. The van der Waals surface area contributed by atoms with Crippen LogP contribution in [-0.4, -0.2) is 308 Å². The molecule has 0 radical (unpaired) electrons. The summed E-state index contributed by atoms with van der Waals surface area (Å²) in [5, 5.41) is 206. The van der Waals surface area contributed by atoms with Crippen LogP contribution in [0.2, 0.25) is 0 Å². The predicted molar refractivity (Wildman–Crippen MR) is 300 cm³/mol. The second-order valence-electron chi connectivity index (χ2n) is 28.7. The summed E-state index contributed by atoms with van der Waals surface area (Å²) in [6.07, 6.45) is -37.9. The van der Waals surface area contributed by atoms with Crippen LogP contribution in [0.25, 0.3) is 0 Å². The van der Waals surface area contributed by atoms with Gasteiger partial charge < -0.3 is 144 Å². The van der Waals surface area contributed by atoms with Gasteiger partial charge in [-0.25, -0.2) is 0 Å². The highest BCUT2D eigenvalue weighted by Gasteiger charge is 2.71. The first-order chi connectivity index (χ1) is 41.7. The zero-order valence-electron chi connectivity index (χ0n) is 51.8. The highest BCUT2D eigenvalue weighted by atomic mass is 16.8. The van der Waals surface area contributed by atoms with E-state index in [4.69, 9.17) is 47.4 Å². The average molecular weight is 1290 g/mol. The molecule has 19 N–H and O–H groups in total. The van der Waals surface area contributed by atoms with Gasteiger partial charge in [0.05, 0.1) is 56.9 Å². The van der Waals surface area contributed by atoms with Crippen LogP contribution in [-0.2, 0) is 47.4 Å². The van der Waals surface area contributed by atoms with Gasteiger partial charge in [0, 0.05) is 10.8 Å². The van der Waals surface area contributed by atoms with Crippen molar-refractivity contribution in [2.24, 2.45) is 45.3 Å². The van der Waals surface area contributed by atoms with Crippen molar-refractivity contribution in [2.45, 2.75) is 284 Å². The van der Waals surface area contributed by atoms with Gasteiger partial charge >= 0.3 is 0 Å². The van der Waals surface area contributed by atoms with E-state index in [2.05, 4.69) is 33.8 Å². The number of hydrogen-bond acceptors (Lipinski definition) is 29. The third-order valence-electron chi connectivity index (χ3n) is 22.9. The molecule has 0 bridgehead atoms. The van der Waals surface area contributed by atoms with E-state index in [1.54, 1.807) is 0 Å². The quantitative estimate of drug-likeness (QED) is 0.0506. The van der Waals surface area contributed by atoms with E-state index in [0.29, 0.717) is 32.1 Å². The third kappa shape index (κ3) is 13.0. The molecule has 9 rings (SSSR count). The summed E-state index contributed by atoms with van der Waals surface area (Å²) < 4.78 is 59.6. The summed E-state index contributed by atoms with van der Waals surface area (Å²) in [6, 6.07) is 0. The second-order valence-corrected chi connectivity index (χ2v) is 28.7. The lowest BCUT2D eigenvalue weighted by molar-refractivity contribution is -0.380. The third-order valence-corrected chi connectivity index (χ3v) is 22.9. The van der Waals surface area contributed by atoms with Gasteiger partial charge in [0.25, 0.3) is 0 Å². The van der Waals surface area contributed by atoms with Gasteiger partial charge in [0.2, 0.25) is 0 Å². The second kappa shape index (κ2) is 27.6. The van der Waals surface area contributed by atoms with Crippen LogP contribution in [0, 0.1) is 45.3 Å². The van der Waals surface area contributed by atoms with Crippen molar-refractivity contribution >= 4 is 0 Å². The molecular formula is C60H102O29. The molecule has 0 spiro atoms. The summed E-state index contributed by atoms with van der Waals surface area (Å²) in [5.74, 6) is -0.0469. The van der Waals surface area contributed by atoms with Crippen LogP contribution in [0.3, 0.4) is 0 Å². The molecule has 35 atom stereocenters. The van der Waals surface area contributed by atoms with E-state index in [1.807, 2.05) is 13.8 Å². The van der Waals surface area contributed by atoms with Crippen LogP contribution in [0.1, 0.15) is 107 Å². The first kappa shape index (κ1) is 71.9. The molecule has 4 aliphatic carbocycles. The number of aliphatic hydroxyl groups is 19. The Hall–Kier alpha value is -1.42. The minimum atomic E-state index is -1.96. The van der Waals surface area contributed by atoms with Crippen molar-refractivity contribution in [2.75, 3.05) is 33.0 Å². The van der Waals surface area contributed by atoms with Gasteiger partial charge in [-0.15, -0.1) is 0 Å². The number of rotatable bonds is 20. The lowest BCUT2D eigenvalue weighted by atomic mass is 9.38. The van der Waals surface area contributed by atoms with Gasteiger partial charge in [-0.05, 0) is 99.7 Å². The van der Waals surface area contributed by atoms with Crippen molar-refractivity contribution in [3.05, 3.63) is 11.6 Å². The fourth-order valence-corrected chi connectivity index (χ4v) is 17.1. The number of ether oxygens (including phenoxy) is 10. The fourth-order valence-electron chi connectivity index (χ4n) is 17.1. The maximum atomic E-state index is 12.9. The van der Waals surface area contributed by atoms with Crippen molar-refractivity contribution in [1.29, 1.82) is 0 Å². The van der Waals surface area contributed by atoms with Gasteiger partial charge in [0.15, 0.2) is 31.5 Å². The zero-order chi connectivity index (χ0) is 65.5. The zero-order valence-corrected chi connectivity index (χ0v) is 51.8. The molecule has 5 saturated heterocycles. The van der Waals surface area contributed by atoms with E-state index in [1.165, 1.54) is 13.8 Å². The molecule has 8 fully saturated rings. The fraction of sp³-hybridized carbons (Fsp3) is 0.967. The van der Waals surface area contributed by atoms with Crippen molar-refractivity contribution in [3.63, 3.8) is 0 Å². The molecule has 29 nitrogen and oxygen atoms in total. The van der Waals surface area contributed by atoms with Gasteiger partial charge in [-0.2, -0.15) is 0 Å². The molecule has 0 unspecified atom stereocenters. The van der Waals surface area contributed by atoms with E-state index >= 15 is 0 Å². The summed E-state index contributed by atoms with van der Waals surface area (Å²) in [6.45, 7) is 12.3. The Balaban J connectivity index is 0.896. The van der Waals surface area contributed by atoms with E-state index in [9.17, 15) is 97.0 Å². The Morgan fingerprint density at radius 1 is 0.517 bits per heavy atom. The van der Waals surface area contributed by atoms with E-state index in [0.717, 1.165) is 18.4 Å². The monoisotopic (exact) mass is 1290 g/mol. The van der Waals surface area contributed by atoms with Gasteiger partial charge in [0.1, 0.15) is 122 Å². The molecule has 5 heterocycles. The highest BCUT2D eigenvalue weighted by molar-refractivity contribution is 5.32. The largest absolute Gasteiger partial charge is 0.394 e. The van der Waals surface area contributed by atoms with Crippen molar-refractivity contribution in [3.8, 4) is 0 Å². The number of hydrogen-bond donors (Lipinski definition) is 19. The maximum Gasteiger partial charge on any atom is 0.187 e. The summed E-state index contributed by atoms with van der Waals surface area (Å²) >= 11 is 0. The smallest absolute Gasteiger partial charge is 0.187 e. The Morgan fingerprint density at radius 2 is 0.989 bits per heavy atom. The number of allylic oxidation sites excluding steroid dienone is 1. The normalized spacial score (nSPS) is 51.8. The lowest BCUT2D eigenvalue weighted by Crippen LogP contribution is -2.66. The molecule has 9 aliphatic rings. The van der Waals surface area contributed by atoms with Crippen LogP contribution >= 0.6 is 0 Å². The standard InChI is InChI=1S/C60H102O29/c1-23(9-13-35(57(4,5)79)87-55-50(89-53-47(77)43(73)38(68)29(20-63)83-53)44(74)39(69)31(85-55)22-80-51-45(75)41(71)36(66)27(18-61)81-51)24-15-16-58(6)32-12-10-25-26(60(32,8)33(65)17-59(24,58)7)11-14-34(56(25,2)3)86-54-48(78)49(40(70)30(21-64)84-54)88-52-46(76)42(72)37(67)28(19-62)82-52/h10,23-24,26-55,61-79H,9,11-22H2,1-8H3/t23-,24-,26-,27-,28-,29-,30-,31-,32+,33-,34+,35-,36-,37-,38-,39-,40-,41+,42+,43+,44+,45-,46-,47-,48-,49+,50-,51-,52+,53+,54+,55+,58+,59-,60+/m1/s1. The van der Waals surface area contributed by atoms with E-state index in [-0.39, 0.29) is 35.5 Å². The maximum absolute atomic E-state index is 12.9. The average Bonchev–Trinajstić information content (AvgIpc) is 1.66. The highest BCUT2D eigenvalue weighted by Crippen LogP contribution is 2.75. The van der Waals surface area contributed by atoms with Gasteiger partial charge in [-0.1, -0.05) is 53.2 Å². The number of fused-ring (bicyclic) bond motifs is 5. The van der Waals surface area contributed by atoms with E-state index < -0.39 is 227 Å². The van der Waals surface area contributed by atoms with Crippen LogP contribution < -0.4 is 0 Å². The minimum absolute atomic E-state index is 0.0227. The molecule has 0 aromatic heterocycles. The predicted octanol–water partition coefficient (Wildman–Crippen LogP) is -5.41. The first-order valence-electron chi connectivity index (χ1n) is 31.6. The molecule has 29 heteroatoms. The lowest BCUT2D eigenvalue weighted by Gasteiger charge is -2.67. The molecule has 0 amide bonds. The molecule has 5 aliphatic heterocycles. The Bertz CT molecular complexity index is 2340. The summed E-state index contributed by atoms with van der Waals surface area (Å²) in [5.41, 5.74) is -2.54. The molecular weight excluding hydrogens is 1180 g/mol. The van der Waals surface area contributed by atoms with Crippen molar-refractivity contribution in [1.82, 2.24) is 0 Å².